The highest BCUT2D eigenvalue weighted by Crippen LogP contribution is 2.29. The molecule has 1 aromatic carbocycles. The summed E-state index contributed by atoms with van der Waals surface area (Å²) in [5, 5.41) is 2.96. The number of carbonyl (C=O) groups is 1. The third-order valence-corrected chi connectivity index (χ3v) is 8.35. The standard InChI is InChI=1S/C25H33N3O4S/c1-18(2)21-6-8-23(9-7-21)33(30,31)28-13-11-22(12-14-28)25(29)27-16-20-5-10-24(26-15-20)32-17-19-3-4-19/h5-10,15,18-19,22H,3-4,11-14,16-17H2,1-2H3,(H,27,29). The summed E-state index contributed by atoms with van der Waals surface area (Å²) < 4.78 is 33.1. The topological polar surface area (TPSA) is 88.6 Å². The van der Waals surface area contributed by atoms with Crippen LogP contribution in [0.3, 0.4) is 0 Å². The highest BCUT2D eigenvalue weighted by molar-refractivity contribution is 7.89. The lowest BCUT2D eigenvalue weighted by molar-refractivity contribution is -0.126. The van der Waals surface area contributed by atoms with E-state index in [0.29, 0.717) is 55.1 Å². The molecular formula is C25H33N3O4S. The van der Waals surface area contributed by atoms with Gasteiger partial charge in [0, 0.05) is 37.8 Å². The summed E-state index contributed by atoms with van der Waals surface area (Å²) in [7, 11) is -3.54. The van der Waals surface area contributed by atoms with E-state index in [1.807, 2.05) is 24.3 Å². The molecule has 8 heteroatoms. The molecule has 1 amide bonds. The summed E-state index contributed by atoms with van der Waals surface area (Å²) in [5.74, 6) is 1.42. The molecule has 2 aromatic rings. The summed E-state index contributed by atoms with van der Waals surface area (Å²) in [4.78, 5) is 17.2. The van der Waals surface area contributed by atoms with Crippen molar-refractivity contribution in [2.75, 3.05) is 19.7 Å². The number of aromatic nitrogens is 1. The first kappa shape index (κ1) is 23.7. The van der Waals surface area contributed by atoms with Crippen molar-refractivity contribution in [3.8, 4) is 5.88 Å². The highest BCUT2D eigenvalue weighted by Gasteiger charge is 2.32. The van der Waals surface area contributed by atoms with E-state index >= 15 is 0 Å². The Morgan fingerprint density at radius 3 is 2.36 bits per heavy atom. The van der Waals surface area contributed by atoms with Crippen LogP contribution in [0, 0.1) is 11.8 Å². The molecule has 0 unspecified atom stereocenters. The minimum Gasteiger partial charge on any atom is -0.477 e. The van der Waals surface area contributed by atoms with E-state index in [0.717, 1.165) is 17.7 Å². The predicted octanol–water partition coefficient (Wildman–Crippen LogP) is 3.71. The van der Waals surface area contributed by atoms with Gasteiger partial charge in [0.25, 0.3) is 0 Å². The number of sulfonamides is 1. The number of piperidine rings is 1. The summed E-state index contributed by atoms with van der Waals surface area (Å²) >= 11 is 0. The fraction of sp³-hybridized carbons (Fsp3) is 0.520. The molecule has 0 atom stereocenters. The Balaban J connectivity index is 1.24. The third-order valence-electron chi connectivity index (χ3n) is 6.44. The smallest absolute Gasteiger partial charge is 0.243 e. The Kier molecular flexibility index (Phi) is 7.34. The fourth-order valence-electron chi connectivity index (χ4n) is 3.95. The third kappa shape index (κ3) is 6.12. The van der Waals surface area contributed by atoms with Gasteiger partial charge >= 0.3 is 0 Å². The van der Waals surface area contributed by atoms with Gasteiger partial charge in [-0.3, -0.25) is 4.79 Å². The van der Waals surface area contributed by atoms with Crippen LogP contribution in [-0.4, -0.2) is 43.3 Å². The molecule has 1 N–H and O–H groups in total. The fourth-order valence-corrected chi connectivity index (χ4v) is 5.42. The predicted molar refractivity (Wildman–Crippen MR) is 126 cm³/mol. The number of nitrogens with one attached hydrogen (secondary N) is 1. The molecule has 2 fully saturated rings. The van der Waals surface area contributed by atoms with Gasteiger partial charge in [0.15, 0.2) is 0 Å². The number of rotatable bonds is 9. The molecule has 178 valence electrons. The van der Waals surface area contributed by atoms with Crippen LogP contribution in [0.4, 0.5) is 0 Å². The Labute approximate surface area is 196 Å². The lowest BCUT2D eigenvalue weighted by Crippen LogP contribution is -2.42. The lowest BCUT2D eigenvalue weighted by Gasteiger charge is -2.30. The molecule has 33 heavy (non-hydrogen) atoms. The molecule has 1 saturated heterocycles. The summed E-state index contributed by atoms with van der Waals surface area (Å²) in [6.07, 6.45) is 5.23. The zero-order chi connectivity index (χ0) is 23.4. The molecule has 1 saturated carbocycles. The molecule has 1 aromatic heterocycles. The van der Waals surface area contributed by atoms with Crippen molar-refractivity contribution in [3.63, 3.8) is 0 Å². The number of ether oxygens (including phenoxy) is 1. The van der Waals surface area contributed by atoms with Gasteiger partial charge < -0.3 is 10.1 Å². The largest absolute Gasteiger partial charge is 0.477 e. The van der Waals surface area contributed by atoms with Crippen molar-refractivity contribution >= 4 is 15.9 Å². The molecule has 1 aliphatic carbocycles. The van der Waals surface area contributed by atoms with E-state index < -0.39 is 10.0 Å². The van der Waals surface area contributed by atoms with Gasteiger partial charge in [-0.05, 0) is 60.8 Å². The summed E-state index contributed by atoms with van der Waals surface area (Å²) in [6.45, 7) is 5.97. The van der Waals surface area contributed by atoms with Gasteiger partial charge in [-0.2, -0.15) is 4.31 Å². The van der Waals surface area contributed by atoms with Crippen molar-refractivity contribution in [2.45, 2.75) is 56.9 Å². The second kappa shape index (κ2) is 10.2. The number of pyridine rings is 1. The Morgan fingerprint density at radius 2 is 1.79 bits per heavy atom. The van der Waals surface area contributed by atoms with Crippen LogP contribution in [0.15, 0.2) is 47.5 Å². The summed E-state index contributed by atoms with van der Waals surface area (Å²) in [5.41, 5.74) is 2.02. The first-order valence-corrected chi connectivity index (χ1v) is 13.2. The lowest BCUT2D eigenvalue weighted by atomic mass is 9.97. The average Bonchev–Trinajstić information content (AvgIpc) is 3.66. The first-order chi connectivity index (χ1) is 15.8. The normalized spacial score (nSPS) is 17.8. The minimum atomic E-state index is -3.54. The molecule has 2 heterocycles. The van der Waals surface area contributed by atoms with E-state index in [9.17, 15) is 13.2 Å². The van der Waals surface area contributed by atoms with Gasteiger partial charge in [-0.15, -0.1) is 0 Å². The maximum atomic E-state index is 13.0. The molecule has 0 bridgehead atoms. The molecule has 4 rings (SSSR count). The van der Waals surface area contributed by atoms with Gasteiger partial charge in [0.2, 0.25) is 21.8 Å². The van der Waals surface area contributed by atoms with Crippen LogP contribution in [0.25, 0.3) is 0 Å². The van der Waals surface area contributed by atoms with Crippen LogP contribution < -0.4 is 10.1 Å². The summed E-state index contributed by atoms with van der Waals surface area (Å²) in [6, 6.07) is 10.9. The van der Waals surface area contributed by atoms with Crippen LogP contribution >= 0.6 is 0 Å². The van der Waals surface area contributed by atoms with E-state index in [2.05, 4.69) is 24.1 Å². The zero-order valence-corrected chi connectivity index (χ0v) is 20.2. The van der Waals surface area contributed by atoms with Gasteiger partial charge in [-0.1, -0.05) is 32.0 Å². The molecule has 1 aliphatic heterocycles. The molecule has 2 aliphatic rings. The number of benzene rings is 1. The molecule has 0 spiro atoms. The monoisotopic (exact) mass is 471 g/mol. The van der Waals surface area contributed by atoms with E-state index in [-0.39, 0.29) is 11.8 Å². The van der Waals surface area contributed by atoms with Crippen LogP contribution in [0.1, 0.15) is 56.6 Å². The van der Waals surface area contributed by atoms with Crippen molar-refractivity contribution < 1.29 is 17.9 Å². The maximum absolute atomic E-state index is 13.0. The molecule has 0 radical (unpaired) electrons. The van der Waals surface area contributed by atoms with Gasteiger partial charge in [-0.25, -0.2) is 13.4 Å². The highest BCUT2D eigenvalue weighted by atomic mass is 32.2. The number of nitrogens with zero attached hydrogens (tertiary/aromatic N) is 2. The Bertz CT molecular complexity index is 1040. The Hall–Kier alpha value is -2.45. The molecular weight excluding hydrogens is 438 g/mol. The molecule has 7 nitrogen and oxygen atoms in total. The minimum absolute atomic E-state index is 0.0394. The second-order valence-corrected chi connectivity index (χ2v) is 11.3. The van der Waals surface area contributed by atoms with Crippen LogP contribution in [-0.2, 0) is 21.4 Å². The second-order valence-electron chi connectivity index (χ2n) is 9.38. The number of carbonyl (C=O) groups excluding carboxylic acids is 1. The number of hydrogen-bond acceptors (Lipinski definition) is 5. The number of hydrogen-bond donors (Lipinski definition) is 1. The number of amides is 1. The maximum Gasteiger partial charge on any atom is 0.243 e. The zero-order valence-electron chi connectivity index (χ0n) is 19.4. The van der Waals surface area contributed by atoms with Crippen LogP contribution in [0.2, 0.25) is 0 Å². The van der Waals surface area contributed by atoms with Gasteiger partial charge in [0.05, 0.1) is 11.5 Å². The SMILES string of the molecule is CC(C)c1ccc(S(=O)(=O)N2CCC(C(=O)NCc3ccc(OCC4CC4)nc3)CC2)cc1. The van der Waals surface area contributed by atoms with Crippen molar-refractivity contribution in [1.82, 2.24) is 14.6 Å². The quantitative estimate of drug-likeness (QED) is 0.602. The first-order valence-electron chi connectivity index (χ1n) is 11.8. The van der Waals surface area contributed by atoms with Crippen molar-refractivity contribution in [2.24, 2.45) is 11.8 Å². The van der Waals surface area contributed by atoms with Crippen molar-refractivity contribution in [3.05, 3.63) is 53.7 Å². The van der Waals surface area contributed by atoms with E-state index in [4.69, 9.17) is 4.74 Å². The van der Waals surface area contributed by atoms with E-state index in [1.54, 1.807) is 18.3 Å². The average molecular weight is 472 g/mol. The Morgan fingerprint density at radius 1 is 1.09 bits per heavy atom. The van der Waals surface area contributed by atoms with Crippen LogP contribution in [0.5, 0.6) is 5.88 Å². The van der Waals surface area contributed by atoms with Gasteiger partial charge in [0.1, 0.15) is 0 Å². The van der Waals surface area contributed by atoms with Crippen molar-refractivity contribution in [1.29, 1.82) is 0 Å². The van der Waals surface area contributed by atoms with E-state index in [1.165, 1.54) is 17.1 Å².